The van der Waals surface area contributed by atoms with Crippen LogP contribution in [0.1, 0.15) is 60.3 Å². The van der Waals surface area contributed by atoms with Gasteiger partial charge in [0.25, 0.3) is 5.56 Å². The fraction of sp³-hybridized carbons (Fsp3) is 0.560. The van der Waals surface area contributed by atoms with Crippen LogP contribution in [0.15, 0.2) is 23.0 Å². The van der Waals surface area contributed by atoms with E-state index in [1.165, 1.54) is 23.8 Å². The molecule has 1 aliphatic rings. The van der Waals surface area contributed by atoms with Gasteiger partial charge in [0.2, 0.25) is 5.91 Å². The predicted molar refractivity (Wildman–Crippen MR) is 128 cm³/mol. The van der Waals surface area contributed by atoms with Crippen LogP contribution in [0.25, 0.3) is 0 Å². The Kier molecular flexibility index (Phi) is 8.63. The summed E-state index contributed by atoms with van der Waals surface area (Å²) in [6, 6.07) is 5.79. The van der Waals surface area contributed by atoms with E-state index in [2.05, 4.69) is 15.6 Å². The number of carbonyl (C=O) groups excluding carboxylic acids is 1. The van der Waals surface area contributed by atoms with Crippen molar-refractivity contribution in [2.75, 3.05) is 11.9 Å². The third-order valence-corrected chi connectivity index (χ3v) is 6.40. The Balaban J connectivity index is 1.77. The van der Waals surface area contributed by atoms with Gasteiger partial charge in [-0.3, -0.25) is 14.6 Å². The van der Waals surface area contributed by atoms with Gasteiger partial charge in [0.15, 0.2) is 6.29 Å². The van der Waals surface area contributed by atoms with Crippen LogP contribution >= 0.6 is 0 Å². The molecule has 8 nitrogen and oxygen atoms in total. The van der Waals surface area contributed by atoms with E-state index in [1.807, 2.05) is 39.0 Å². The first-order chi connectivity index (χ1) is 15.7. The summed E-state index contributed by atoms with van der Waals surface area (Å²) < 4.78 is 1.44. The average molecular weight is 457 g/mol. The zero-order chi connectivity index (χ0) is 24.0. The molecule has 1 fully saturated rings. The lowest BCUT2D eigenvalue weighted by Crippen LogP contribution is -2.35. The van der Waals surface area contributed by atoms with Crippen LogP contribution in [-0.4, -0.2) is 38.5 Å². The first-order valence-electron chi connectivity index (χ1n) is 11.8. The van der Waals surface area contributed by atoms with Crippen molar-refractivity contribution < 1.29 is 15.0 Å². The van der Waals surface area contributed by atoms with Gasteiger partial charge in [0, 0.05) is 23.6 Å². The van der Waals surface area contributed by atoms with Crippen molar-refractivity contribution in [3.8, 4) is 0 Å². The Labute approximate surface area is 195 Å². The Morgan fingerprint density at radius 2 is 1.88 bits per heavy atom. The van der Waals surface area contributed by atoms with Gasteiger partial charge in [-0.1, -0.05) is 38.2 Å². The van der Waals surface area contributed by atoms with Crippen LogP contribution in [0, 0.1) is 26.7 Å². The molecule has 1 amide bonds. The molecule has 0 saturated heterocycles. The standard InChI is InChI=1S/C25H36N4O4/c1-16-9-10-20(18(3)28-16)13-26-22(30)15-29-17(2)11-21(12-19-7-5-4-6-8-19)24(25(29)33)27-14-23(31)32/h9-11,19,23,27,31-32H,4-8,12-15H2,1-3H3,(H,26,30). The minimum absolute atomic E-state index is 0.108. The number of hydrogen-bond donors (Lipinski definition) is 4. The van der Waals surface area contributed by atoms with E-state index in [0.717, 1.165) is 41.8 Å². The Hall–Kier alpha value is -2.71. The Morgan fingerprint density at radius 3 is 2.55 bits per heavy atom. The third-order valence-electron chi connectivity index (χ3n) is 6.40. The molecule has 0 atom stereocenters. The quantitative estimate of drug-likeness (QED) is 0.431. The summed E-state index contributed by atoms with van der Waals surface area (Å²) in [6.45, 7) is 5.74. The van der Waals surface area contributed by atoms with Crippen LogP contribution in [0.3, 0.4) is 0 Å². The zero-order valence-corrected chi connectivity index (χ0v) is 19.9. The smallest absolute Gasteiger partial charge is 0.274 e. The molecule has 0 aliphatic heterocycles. The molecule has 0 aromatic carbocycles. The number of nitrogens with one attached hydrogen (secondary N) is 2. The number of aryl methyl sites for hydroxylation is 3. The molecule has 1 saturated carbocycles. The maximum atomic E-state index is 13.3. The molecule has 0 unspecified atom stereocenters. The van der Waals surface area contributed by atoms with Crippen LogP contribution in [-0.2, 0) is 24.3 Å². The normalized spacial score (nSPS) is 14.5. The Bertz CT molecular complexity index is 1030. The second kappa shape index (κ2) is 11.4. The number of hydrogen-bond acceptors (Lipinski definition) is 6. The molecular formula is C25H36N4O4. The predicted octanol–water partition coefficient (Wildman–Crippen LogP) is 2.33. The lowest BCUT2D eigenvalue weighted by atomic mass is 9.84. The molecule has 0 radical (unpaired) electrons. The highest BCUT2D eigenvalue weighted by Gasteiger charge is 2.20. The van der Waals surface area contributed by atoms with E-state index < -0.39 is 6.29 Å². The van der Waals surface area contributed by atoms with Crippen molar-refractivity contribution >= 4 is 11.6 Å². The number of pyridine rings is 2. The lowest BCUT2D eigenvalue weighted by Gasteiger charge is -2.24. The van der Waals surface area contributed by atoms with Crippen LogP contribution in [0.5, 0.6) is 0 Å². The summed E-state index contributed by atoms with van der Waals surface area (Å²) in [4.78, 5) is 30.4. The van der Waals surface area contributed by atoms with E-state index in [9.17, 15) is 19.8 Å². The molecule has 180 valence electrons. The summed E-state index contributed by atoms with van der Waals surface area (Å²) in [6.07, 6.45) is 5.14. The highest BCUT2D eigenvalue weighted by molar-refractivity contribution is 5.76. The number of aromatic nitrogens is 2. The molecule has 0 bridgehead atoms. The van der Waals surface area contributed by atoms with E-state index in [1.54, 1.807) is 0 Å². The largest absolute Gasteiger partial charge is 0.375 e. The highest BCUT2D eigenvalue weighted by atomic mass is 16.5. The van der Waals surface area contributed by atoms with Gasteiger partial charge in [0.1, 0.15) is 12.2 Å². The fourth-order valence-electron chi connectivity index (χ4n) is 4.57. The number of nitrogens with zero attached hydrogens (tertiary/aromatic N) is 2. The van der Waals surface area contributed by atoms with Gasteiger partial charge in [-0.2, -0.15) is 0 Å². The first-order valence-corrected chi connectivity index (χ1v) is 11.8. The number of amides is 1. The maximum absolute atomic E-state index is 13.3. The van der Waals surface area contributed by atoms with Gasteiger partial charge >= 0.3 is 0 Å². The minimum atomic E-state index is -1.57. The monoisotopic (exact) mass is 456 g/mol. The molecule has 33 heavy (non-hydrogen) atoms. The molecule has 2 heterocycles. The maximum Gasteiger partial charge on any atom is 0.274 e. The van der Waals surface area contributed by atoms with Crippen molar-refractivity contribution in [1.82, 2.24) is 14.9 Å². The summed E-state index contributed by atoms with van der Waals surface area (Å²) in [7, 11) is 0. The highest BCUT2D eigenvalue weighted by Crippen LogP contribution is 2.28. The molecule has 1 aliphatic carbocycles. The minimum Gasteiger partial charge on any atom is -0.375 e. The van der Waals surface area contributed by atoms with Crippen molar-refractivity contribution in [3.05, 3.63) is 56.8 Å². The lowest BCUT2D eigenvalue weighted by molar-refractivity contribution is -0.121. The van der Waals surface area contributed by atoms with Gasteiger partial charge in [-0.25, -0.2) is 0 Å². The molecule has 3 rings (SSSR count). The first kappa shape index (κ1) is 24.9. The van der Waals surface area contributed by atoms with E-state index in [4.69, 9.17) is 0 Å². The second-order valence-electron chi connectivity index (χ2n) is 9.12. The number of aliphatic hydroxyl groups excluding tert-OH is 1. The van der Waals surface area contributed by atoms with Gasteiger partial charge in [-0.05, 0) is 56.4 Å². The third kappa shape index (κ3) is 6.88. The number of anilines is 1. The summed E-state index contributed by atoms with van der Waals surface area (Å²) in [5.74, 6) is 0.246. The van der Waals surface area contributed by atoms with E-state index in [0.29, 0.717) is 23.8 Å². The molecule has 0 spiro atoms. The SMILES string of the molecule is Cc1ccc(CNC(=O)Cn2c(C)cc(CC3CCCCC3)c(NCC(O)O)c2=O)c(C)n1. The van der Waals surface area contributed by atoms with Gasteiger partial charge < -0.3 is 25.4 Å². The number of aliphatic hydroxyl groups is 2. The zero-order valence-electron chi connectivity index (χ0n) is 19.9. The average Bonchev–Trinajstić information content (AvgIpc) is 2.76. The number of carbonyl (C=O) groups is 1. The fourth-order valence-corrected chi connectivity index (χ4v) is 4.57. The van der Waals surface area contributed by atoms with Crippen molar-refractivity contribution in [3.63, 3.8) is 0 Å². The van der Waals surface area contributed by atoms with Crippen molar-refractivity contribution in [2.45, 2.75) is 78.7 Å². The number of rotatable bonds is 9. The summed E-state index contributed by atoms with van der Waals surface area (Å²) in [5.41, 5.74) is 4.35. The van der Waals surface area contributed by atoms with Crippen LogP contribution in [0.4, 0.5) is 5.69 Å². The molecular weight excluding hydrogens is 420 g/mol. The Morgan fingerprint density at radius 1 is 1.15 bits per heavy atom. The van der Waals surface area contributed by atoms with Crippen molar-refractivity contribution in [2.24, 2.45) is 5.92 Å². The topological polar surface area (TPSA) is 116 Å². The summed E-state index contributed by atoms with van der Waals surface area (Å²) in [5, 5.41) is 24.4. The summed E-state index contributed by atoms with van der Waals surface area (Å²) >= 11 is 0. The molecule has 2 aromatic heterocycles. The molecule has 2 aromatic rings. The van der Waals surface area contributed by atoms with E-state index in [-0.39, 0.29) is 24.6 Å². The second-order valence-corrected chi connectivity index (χ2v) is 9.12. The molecule has 8 heteroatoms. The van der Waals surface area contributed by atoms with Crippen LogP contribution in [0.2, 0.25) is 0 Å². The van der Waals surface area contributed by atoms with Crippen LogP contribution < -0.4 is 16.2 Å². The van der Waals surface area contributed by atoms with Gasteiger partial charge in [-0.15, -0.1) is 0 Å². The van der Waals surface area contributed by atoms with Gasteiger partial charge in [0.05, 0.1) is 6.54 Å². The molecule has 4 N–H and O–H groups in total. The van der Waals surface area contributed by atoms with E-state index >= 15 is 0 Å². The van der Waals surface area contributed by atoms with Crippen molar-refractivity contribution in [1.29, 1.82) is 0 Å².